The summed E-state index contributed by atoms with van der Waals surface area (Å²) in [6, 6.07) is 11.7. The zero-order valence-electron chi connectivity index (χ0n) is 14.4. The standard InChI is InChI=1S/C21H25N2/c1-4-6-16-9-10-19(11-15(16)2)23-14-22(3)20-12-17-7-5-8-18(17)13-21(20)23/h9-14H,4-8H2,1-3H3/q+1. The van der Waals surface area contributed by atoms with E-state index in [1.54, 1.807) is 5.56 Å². The molecule has 118 valence electrons. The molecule has 0 saturated heterocycles. The fraction of sp³-hybridized carbons (Fsp3) is 0.381. The second kappa shape index (κ2) is 5.52. The van der Waals surface area contributed by atoms with Gasteiger partial charge in [0.2, 0.25) is 6.33 Å². The van der Waals surface area contributed by atoms with Gasteiger partial charge in [0.1, 0.15) is 5.69 Å². The number of hydrogen-bond donors (Lipinski definition) is 0. The Bertz CT molecular complexity index is 886. The number of aromatic nitrogens is 2. The second-order valence-corrected chi connectivity index (χ2v) is 6.92. The van der Waals surface area contributed by atoms with Gasteiger partial charge in [-0.1, -0.05) is 19.4 Å². The molecule has 0 atom stereocenters. The van der Waals surface area contributed by atoms with Crippen molar-refractivity contribution in [1.29, 1.82) is 0 Å². The SMILES string of the molecule is CCCc1ccc(-n2c[n+](C)c3cc4c(cc32)CCC4)cc1C. The van der Waals surface area contributed by atoms with Crippen molar-refractivity contribution in [1.82, 2.24) is 4.57 Å². The van der Waals surface area contributed by atoms with Crippen molar-refractivity contribution in [3.05, 3.63) is 58.9 Å². The average molecular weight is 305 g/mol. The van der Waals surface area contributed by atoms with Crippen molar-refractivity contribution in [2.24, 2.45) is 7.05 Å². The van der Waals surface area contributed by atoms with E-state index >= 15 is 0 Å². The van der Waals surface area contributed by atoms with Crippen LogP contribution in [0.2, 0.25) is 0 Å². The Morgan fingerprint density at radius 1 is 1.09 bits per heavy atom. The first-order valence-electron chi connectivity index (χ1n) is 8.79. The van der Waals surface area contributed by atoms with E-state index in [0.29, 0.717) is 0 Å². The van der Waals surface area contributed by atoms with Gasteiger partial charge in [-0.05, 0) is 79.1 Å². The molecule has 23 heavy (non-hydrogen) atoms. The summed E-state index contributed by atoms with van der Waals surface area (Å²) in [5, 5.41) is 0. The third-order valence-electron chi connectivity index (χ3n) is 5.24. The van der Waals surface area contributed by atoms with Crippen LogP contribution in [0.3, 0.4) is 0 Å². The summed E-state index contributed by atoms with van der Waals surface area (Å²) < 4.78 is 4.60. The van der Waals surface area contributed by atoms with Gasteiger partial charge < -0.3 is 0 Å². The smallest absolute Gasteiger partial charge is 0.232 e. The molecule has 1 aliphatic carbocycles. The van der Waals surface area contributed by atoms with Crippen molar-refractivity contribution in [2.75, 3.05) is 0 Å². The minimum Gasteiger partial charge on any atom is -0.232 e. The van der Waals surface area contributed by atoms with E-state index in [2.05, 4.69) is 66.7 Å². The largest absolute Gasteiger partial charge is 0.249 e. The van der Waals surface area contributed by atoms with Gasteiger partial charge in [0.05, 0.1) is 7.05 Å². The van der Waals surface area contributed by atoms with Gasteiger partial charge in [-0.2, -0.15) is 4.57 Å². The zero-order valence-corrected chi connectivity index (χ0v) is 14.4. The Kier molecular flexibility index (Phi) is 3.48. The van der Waals surface area contributed by atoms with E-state index in [4.69, 9.17) is 0 Å². The summed E-state index contributed by atoms with van der Waals surface area (Å²) in [4.78, 5) is 0. The summed E-state index contributed by atoms with van der Waals surface area (Å²) in [5.41, 5.74) is 9.88. The van der Waals surface area contributed by atoms with Gasteiger partial charge in [0, 0.05) is 0 Å². The van der Waals surface area contributed by atoms with E-state index in [-0.39, 0.29) is 0 Å². The molecule has 0 bridgehead atoms. The Morgan fingerprint density at radius 3 is 2.61 bits per heavy atom. The van der Waals surface area contributed by atoms with Crippen LogP contribution in [0, 0.1) is 6.92 Å². The monoisotopic (exact) mass is 305 g/mol. The maximum atomic E-state index is 2.41. The molecule has 0 unspecified atom stereocenters. The number of fused-ring (bicyclic) bond motifs is 2. The summed E-state index contributed by atoms with van der Waals surface area (Å²) >= 11 is 0. The van der Waals surface area contributed by atoms with E-state index < -0.39 is 0 Å². The molecular weight excluding hydrogens is 280 g/mol. The van der Waals surface area contributed by atoms with Crippen molar-refractivity contribution >= 4 is 11.0 Å². The molecule has 4 rings (SSSR count). The summed E-state index contributed by atoms with van der Waals surface area (Å²) in [7, 11) is 2.15. The van der Waals surface area contributed by atoms with Crippen LogP contribution in [0.15, 0.2) is 36.7 Å². The van der Waals surface area contributed by atoms with Gasteiger partial charge in [-0.25, -0.2) is 4.57 Å². The van der Waals surface area contributed by atoms with E-state index in [1.165, 1.54) is 65.5 Å². The lowest BCUT2D eigenvalue weighted by Gasteiger charge is -2.06. The van der Waals surface area contributed by atoms with Crippen molar-refractivity contribution in [3.63, 3.8) is 0 Å². The molecule has 0 fully saturated rings. The molecule has 1 aromatic heterocycles. The highest BCUT2D eigenvalue weighted by Crippen LogP contribution is 2.28. The molecule has 3 aromatic rings. The maximum Gasteiger partial charge on any atom is 0.249 e. The fourth-order valence-corrected chi connectivity index (χ4v) is 3.96. The van der Waals surface area contributed by atoms with Gasteiger partial charge in [0.15, 0.2) is 11.0 Å². The molecule has 0 aliphatic heterocycles. The molecule has 0 radical (unpaired) electrons. The van der Waals surface area contributed by atoms with Crippen LogP contribution >= 0.6 is 0 Å². The molecular formula is C21H25N2+. The van der Waals surface area contributed by atoms with Crippen LogP contribution in [0.1, 0.15) is 42.0 Å². The number of hydrogen-bond acceptors (Lipinski definition) is 0. The van der Waals surface area contributed by atoms with Crippen molar-refractivity contribution in [3.8, 4) is 5.69 Å². The third kappa shape index (κ3) is 2.37. The third-order valence-corrected chi connectivity index (χ3v) is 5.24. The molecule has 2 heteroatoms. The van der Waals surface area contributed by atoms with Crippen molar-refractivity contribution in [2.45, 2.75) is 46.0 Å². The number of benzene rings is 2. The molecule has 2 aromatic carbocycles. The number of rotatable bonds is 3. The lowest BCUT2D eigenvalue weighted by Crippen LogP contribution is -2.25. The Labute approximate surface area is 138 Å². The highest BCUT2D eigenvalue weighted by molar-refractivity contribution is 5.77. The molecule has 1 heterocycles. The summed E-state index contributed by atoms with van der Waals surface area (Å²) in [6.45, 7) is 4.48. The Balaban J connectivity index is 1.87. The quantitative estimate of drug-likeness (QED) is 0.641. The number of nitrogens with zero attached hydrogens (tertiary/aromatic N) is 2. The molecule has 0 N–H and O–H groups in total. The minimum absolute atomic E-state index is 1.17. The van der Waals surface area contributed by atoms with Crippen LogP contribution in [0.5, 0.6) is 0 Å². The number of aryl methyl sites for hydroxylation is 5. The highest BCUT2D eigenvalue weighted by Gasteiger charge is 2.20. The molecule has 2 nitrogen and oxygen atoms in total. The van der Waals surface area contributed by atoms with Crippen LogP contribution in [-0.4, -0.2) is 4.57 Å². The van der Waals surface area contributed by atoms with Gasteiger partial charge in [0.25, 0.3) is 0 Å². The van der Waals surface area contributed by atoms with Crippen LogP contribution in [-0.2, 0) is 26.3 Å². The van der Waals surface area contributed by atoms with Crippen LogP contribution in [0.4, 0.5) is 0 Å². The first-order chi connectivity index (χ1) is 11.2. The normalized spacial score (nSPS) is 13.7. The number of imidazole rings is 1. The lowest BCUT2D eigenvalue weighted by molar-refractivity contribution is -0.645. The second-order valence-electron chi connectivity index (χ2n) is 6.92. The van der Waals surface area contributed by atoms with E-state index in [1.807, 2.05) is 0 Å². The molecule has 0 spiro atoms. The van der Waals surface area contributed by atoms with Gasteiger partial charge in [-0.15, -0.1) is 0 Å². The van der Waals surface area contributed by atoms with Crippen molar-refractivity contribution < 1.29 is 4.57 Å². The Morgan fingerprint density at radius 2 is 1.87 bits per heavy atom. The average Bonchev–Trinajstić information content (AvgIpc) is 3.12. The fourth-order valence-electron chi connectivity index (χ4n) is 3.96. The van der Waals surface area contributed by atoms with Gasteiger partial charge >= 0.3 is 0 Å². The topological polar surface area (TPSA) is 8.81 Å². The Hall–Kier alpha value is -2.09. The maximum absolute atomic E-state index is 2.41. The first kappa shape index (κ1) is 14.5. The van der Waals surface area contributed by atoms with E-state index in [0.717, 1.165) is 0 Å². The van der Waals surface area contributed by atoms with Crippen LogP contribution < -0.4 is 4.57 Å². The minimum atomic E-state index is 1.17. The summed E-state index contributed by atoms with van der Waals surface area (Å²) in [6.07, 6.45) is 8.36. The predicted molar refractivity (Wildman–Crippen MR) is 95.2 cm³/mol. The predicted octanol–water partition coefficient (Wildman–Crippen LogP) is 4.20. The van der Waals surface area contributed by atoms with Crippen LogP contribution in [0.25, 0.3) is 16.7 Å². The molecule has 1 aliphatic rings. The summed E-state index contributed by atoms with van der Waals surface area (Å²) in [5.74, 6) is 0. The van der Waals surface area contributed by atoms with E-state index in [9.17, 15) is 0 Å². The van der Waals surface area contributed by atoms with Gasteiger partial charge in [-0.3, -0.25) is 0 Å². The first-order valence-corrected chi connectivity index (χ1v) is 8.79. The highest BCUT2D eigenvalue weighted by atomic mass is 15.1. The molecule has 0 amide bonds. The molecule has 0 saturated carbocycles. The zero-order chi connectivity index (χ0) is 16.0. The lowest BCUT2D eigenvalue weighted by atomic mass is 10.0.